The zero-order chi connectivity index (χ0) is 22.4. The molecule has 0 saturated carbocycles. The second-order valence-corrected chi connectivity index (χ2v) is 8.80. The van der Waals surface area contributed by atoms with Crippen LogP contribution in [0, 0.1) is 0 Å². The average molecular weight is 423 g/mol. The number of hydrogen-bond donors (Lipinski definition) is 0. The van der Waals surface area contributed by atoms with Gasteiger partial charge in [-0.25, -0.2) is 4.79 Å². The zero-order valence-corrected chi connectivity index (χ0v) is 18.5. The predicted octanol–water partition coefficient (Wildman–Crippen LogP) is 3.93. The van der Waals surface area contributed by atoms with E-state index in [2.05, 4.69) is 0 Å². The molecule has 0 N–H and O–H groups in total. The Labute approximate surface area is 183 Å². The average Bonchev–Trinajstić information content (AvgIpc) is 2.73. The van der Waals surface area contributed by atoms with Crippen LogP contribution < -0.4 is 0 Å². The molecule has 0 unspecified atom stereocenters. The van der Waals surface area contributed by atoms with Gasteiger partial charge in [-0.3, -0.25) is 9.59 Å². The monoisotopic (exact) mass is 422 g/mol. The lowest BCUT2D eigenvalue weighted by atomic mass is 10.0. The molecule has 6 nitrogen and oxygen atoms in total. The van der Waals surface area contributed by atoms with Gasteiger partial charge in [0.05, 0.1) is 6.42 Å². The Balaban J connectivity index is 1.46. The van der Waals surface area contributed by atoms with Gasteiger partial charge in [0.15, 0.2) is 0 Å². The quantitative estimate of drug-likeness (QED) is 0.685. The summed E-state index contributed by atoms with van der Waals surface area (Å²) in [5.41, 5.74) is 2.57. The van der Waals surface area contributed by atoms with E-state index in [4.69, 9.17) is 4.74 Å². The van der Waals surface area contributed by atoms with Crippen LogP contribution in [-0.2, 0) is 20.7 Å². The van der Waals surface area contributed by atoms with Crippen molar-refractivity contribution in [3.63, 3.8) is 0 Å². The van der Waals surface area contributed by atoms with E-state index < -0.39 is 5.60 Å². The number of nitrogens with zero attached hydrogens (tertiary/aromatic N) is 2. The lowest BCUT2D eigenvalue weighted by Crippen LogP contribution is -2.51. The maximum absolute atomic E-state index is 12.5. The highest BCUT2D eigenvalue weighted by Gasteiger charge is 2.28. The number of rotatable bonds is 5. The van der Waals surface area contributed by atoms with Gasteiger partial charge in [-0.15, -0.1) is 0 Å². The molecule has 3 rings (SSSR count). The molecule has 164 valence electrons. The standard InChI is InChI=1S/C25H30N2O4/c1-25(2,3)31-24(30)27-15-13-26(14-16-27)23(29)18-22(28)17-19-9-11-21(12-10-19)20-7-5-4-6-8-20/h4-12H,13-18H2,1-3H3. The van der Waals surface area contributed by atoms with Gasteiger partial charge in [-0.05, 0) is 37.5 Å². The lowest BCUT2D eigenvalue weighted by Gasteiger charge is -2.35. The normalized spacial score (nSPS) is 14.3. The van der Waals surface area contributed by atoms with Crippen LogP contribution in [0.3, 0.4) is 0 Å². The highest BCUT2D eigenvalue weighted by molar-refractivity contribution is 5.99. The first kappa shape index (κ1) is 22.5. The fraction of sp³-hybridized carbons (Fsp3) is 0.400. The summed E-state index contributed by atoms with van der Waals surface area (Å²) in [5.74, 6) is -0.290. The van der Waals surface area contributed by atoms with E-state index in [-0.39, 0.29) is 30.6 Å². The lowest BCUT2D eigenvalue weighted by molar-refractivity contribution is -0.136. The Morgan fingerprint density at radius 1 is 0.806 bits per heavy atom. The smallest absolute Gasteiger partial charge is 0.410 e. The molecule has 0 aromatic heterocycles. The van der Waals surface area contributed by atoms with Crippen LogP contribution in [0.2, 0.25) is 0 Å². The van der Waals surface area contributed by atoms with Gasteiger partial charge in [0.1, 0.15) is 11.4 Å². The SMILES string of the molecule is CC(C)(C)OC(=O)N1CCN(C(=O)CC(=O)Cc2ccc(-c3ccccc3)cc2)CC1. The highest BCUT2D eigenvalue weighted by atomic mass is 16.6. The van der Waals surface area contributed by atoms with Crippen molar-refractivity contribution in [1.82, 2.24) is 9.80 Å². The third-order valence-corrected chi connectivity index (χ3v) is 5.09. The summed E-state index contributed by atoms with van der Waals surface area (Å²) in [4.78, 5) is 40.3. The summed E-state index contributed by atoms with van der Waals surface area (Å²) in [6.07, 6.45) is -0.249. The Morgan fingerprint density at radius 2 is 1.35 bits per heavy atom. The number of Topliss-reactive ketones (excluding diaryl/α,β-unsaturated/α-hetero) is 1. The van der Waals surface area contributed by atoms with Crippen molar-refractivity contribution in [2.24, 2.45) is 0 Å². The van der Waals surface area contributed by atoms with Crippen molar-refractivity contribution in [3.8, 4) is 11.1 Å². The van der Waals surface area contributed by atoms with E-state index in [9.17, 15) is 14.4 Å². The Hall–Kier alpha value is -3.15. The van der Waals surface area contributed by atoms with Crippen LogP contribution in [-0.4, -0.2) is 59.4 Å². The molecule has 0 radical (unpaired) electrons. The third-order valence-electron chi connectivity index (χ3n) is 5.09. The number of ether oxygens (including phenoxy) is 1. The highest BCUT2D eigenvalue weighted by Crippen LogP contribution is 2.20. The summed E-state index contributed by atoms with van der Waals surface area (Å²) in [6.45, 7) is 7.13. The first-order chi connectivity index (χ1) is 14.7. The summed E-state index contributed by atoms with van der Waals surface area (Å²) >= 11 is 0. The van der Waals surface area contributed by atoms with Crippen molar-refractivity contribution in [3.05, 3.63) is 60.2 Å². The molecule has 0 spiro atoms. The molecule has 0 atom stereocenters. The van der Waals surface area contributed by atoms with E-state index >= 15 is 0 Å². The topological polar surface area (TPSA) is 66.9 Å². The summed E-state index contributed by atoms with van der Waals surface area (Å²) in [6, 6.07) is 17.9. The van der Waals surface area contributed by atoms with Gasteiger partial charge in [0.2, 0.25) is 5.91 Å². The first-order valence-electron chi connectivity index (χ1n) is 10.6. The molecular weight excluding hydrogens is 392 g/mol. The molecule has 1 heterocycles. The summed E-state index contributed by atoms with van der Waals surface area (Å²) in [7, 11) is 0. The van der Waals surface area contributed by atoms with Crippen molar-refractivity contribution in [1.29, 1.82) is 0 Å². The van der Waals surface area contributed by atoms with E-state index in [1.165, 1.54) is 0 Å². The molecule has 6 heteroatoms. The van der Waals surface area contributed by atoms with Crippen molar-refractivity contribution in [2.45, 2.75) is 39.2 Å². The van der Waals surface area contributed by atoms with E-state index in [1.54, 1.807) is 9.80 Å². The molecule has 1 aliphatic heterocycles. The minimum atomic E-state index is -0.546. The molecule has 0 bridgehead atoms. The van der Waals surface area contributed by atoms with E-state index in [1.807, 2.05) is 75.4 Å². The van der Waals surface area contributed by atoms with Gasteiger partial charge in [0.25, 0.3) is 0 Å². The molecule has 1 saturated heterocycles. The van der Waals surface area contributed by atoms with Crippen LogP contribution in [0.1, 0.15) is 32.8 Å². The number of carbonyl (C=O) groups excluding carboxylic acids is 3. The van der Waals surface area contributed by atoms with Gasteiger partial charge >= 0.3 is 6.09 Å². The second-order valence-electron chi connectivity index (χ2n) is 8.80. The Kier molecular flexibility index (Phi) is 7.10. The number of hydrogen-bond acceptors (Lipinski definition) is 4. The molecule has 2 amide bonds. The van der Waals surface area contributed by atoms with E-state index in [0.29, 0.717) is 26.2 Å². The van der Waals surface area contributed by atoms with Crippen LogP contribution in [0.4, 0.5) is 4.79 Å². The predicted molar refractivity (Wildman–Crippen MR) is 120 cm³/mol. The Morgan fingerprint density at radius 3 is 1.94 bits per heavy atom. The molecule has 1 fully saturated rings. The van der Waals surface area contributed by atoms with Gasteiger partial charge in [-0.1, -0.05) is 54.6 Å². The minimum Gasteiger partial charge on any atom is -0.444 e. The number of carbonyl (C=O) groups is 3. The second kappa shape index (κ2) is 9.77. The summed E-state index contributed by atoms with van der Waals surface area (Å²) in [5, 5.41) is 0. The maximum atomic E-state index is 12.5. The van der Waals surface area contributed by atoms with Crippen LogP contribution in [0.5, 0.6) is 0 Å². The fourth-order valence-electron chi connectivity index (χ4n) is 3.48. The fourth-order valence-corrected chi connectivity index (χ4v) is 3.48. The Bertz CT molecular complexity index is 909. The van der Waals surface area contributed by atoms with Crippen LogP contribution in [0.25, 0.3) is 11.1 Å². The molecule has 0 aliphatic carbocycles. The number of piperazine rings is 1. The van der Waals surface area contributed by atoms with Gasteiger partial charge < -0.3 is 14.5 Å². The third kappa shape index (κ3) is 6.67. The van der Waals surface area contributed by atoms with Gasteiger partial charge in [-0.2, -0.15) is 0 Å². The number of ketones is 1. The molecule has 1 aliphatic rings. The zero-order valence-electron chi connectivity index (χ0n) is 18.5. The van der Waals surface area contributed by atoms with Crippen molar-refractivity contribution >= 4 is 17.8 Å². The molecule has 31 heavy (non-hydrogen) atoms. The van der Waals surface area contributed by atoms with Crippen LogP contribution in [0.15, 0.2) is 54.6 Å². The summed E-state index contributed by atoms with van der Waals surface area (Å²) < 4.78 is 5.37. The molecule has 2 aromatic carbocycles. The number of benzene rings is 2. The van der Waals surface area contributed by atoms with Crippen LogP contribution >= 0.6 is 0 Å². The maximum Gasteiger partial charge on any atom is 0.410 e. The molecular formula is C25H30N2O4. The molecule has 2 aromatic rings. The van der Waals surface area contributed by atoms with Crippen molar-refractivity contribution in [2.75, 3.05) is 26.2 Å². The van der Waals surface area contributed by atoms with Crippen molar-refractivity contribution < 1.29 is 19.1 Å². The minimum absolute atomic E-state index is 0.105. The van der Waals surface area contributed by atoms with E-state index in [0.717, 1.165) is 16.7 Å². The first-order valence-corrected chi connectivity index (χ1v) is 10.6. The largest absolute Gasteiger partial charge is 0.444 e. The van der Waals surface area contributed by atoms with Gasteiger partial charge in [0, 0.05) is 32.6 Å². The number of amides is 2.